The van der Waals surface area contributed by atoms with Crippen molar-refractivity contribution in [3.8, 4) is 0 Å². The summed E-state index contributed by atoms with van der Waals surface area (Å²) in [7, 11) is -3.82. The van der Waals surface area contributed by atoms with Gasteiger partial charge in [0.05, 0.1) is 13.2 Å². The Bertz CT molecular complexity index is 425. The first-order valence-electron chi connectivity index (χ1n) is 12.8. The van der Waals surface area contributed by atoms with E-state index in [9.17, 15) is 8.42 Å². The molecule has 0 aromatic rings. The second-order valence-electron chi connectivity index (χ2n) is 8.49. The maximum Gasteiger partial charge on any atom is 0.399 e. The Morgan fingerprint density at radius 1 is 0.500 bits per heavy atom. The van der Waals surface area contributed by atoms with Crippen LogP contribution in [0, 0.1) is 0 Å². The van der Waals surface area contributed by atoms with Crippen LogP contribution in [0.4, 0.5) is 0 Å². The van der Waals surface area contributed by atoms with Crippen LogP contribution >= 0.6 is 0 Å². The van der Waals surface area contributed by atoms with Gasteiger partial charge in [0.1, 0.15) is 0 Å². The molecule has 0 heterocycles. The Morgan fingerprint density at radius 3 is 1.13 bits per heavy atom. The number of aliphatic hydroxyl groups is 1. The van der Waals surface area contributed by atoms with Crippen LogP contribution in [0.2, 0.25) is 0 Å². The van der Waals surface area contributed by atoms with E-state index in [4.69, 9.17) is 13.5 Å². The topological polar surface area (TPSA) is 72.8 Å². The third-order valence-corrected chi connectivity index (χ3v) is 6.42. The lowest BCUT2D eigenvalue weighted by molar-refractivity contribution is 0.208. The van der Waals surface area contributed by atoms with Crippen molar-refractivity contribution in [3.05, 3.63) is 0 Å². The van der Waals surface area contributed by atoms with E-state index in [0.29, 0.717) is 6.61 Å². The highest BCUT2D eigenvalue weighted by Gasteiger charge is 2.11. The van der Waals surface area contributed by atoms with E-state index < -0.39 is 10.4 Å². The van der Waals surface area contributed by atoms with Crippen molar-refractivity contribution in [1.29, 1.82) is 0 Å². The SMILES string of the molecule is CCCCCCCCCCCCOS(=O)(=O)OCCCCCCCCCCCCO. The van der Waals surface area contributed by atoms with Crippen LogP contribution in [0.15, 0.2) is 0 Å². The van der Waals surface area contributed by atoms with Gasteiger partial charge in [0.2, 0.25) is 0 Å². The van der Waals surface area contributed by atoms with Crippen molar-refractivity contribution in [3.63, 3.8) is 0 Å². The zero-order valence-electron chi connectivity index (χ0n) is 19.8. The Kier molecular flexibility index (Phi) is 23.4. The summed E-state index contributed by atoms with van der Waals surface area (Å²) in [5.41, 5.74) is 0. The van der Waals surface area contributed by atoms with Gasteiger partial charge in [-0.15, -0.1) is 0 Å². The summed E-state index contributed by atoms with van der Waals surface area (Å²) < 4.78 is 33.3. The molecule has 30 heavy (non-hydrogen) atoms. The highest BCUT2D eigenvalue weighted by atomic mass is 32.3. The molecule has 5 nitrogen and oxygen atoms in total. The third kappa shape index (κ3) is 24.1. The van der Waals surface area contributed by atoms with E-state index in [1.807, 2.05) is 0 Å². The van der Waals surface area contributed by atoms with Gasteiger partial charge >= 0.3 is 10.4 Å². The second kappa shape index (κ2) is 23.5. The average molecular weight is 451 g/mol. The first-order chi connectivity index (χ1) is 14.6. The molecule has 1 N–H and O–H groups in total. The van der Waals surface area contributed by atoms with Crippen molar-refractivity contribution in [2.45, 2.75) is 135 Å². The summed E-state index contributed by atoms with van der Waals surface area (Å²) >= 11 is 0. The van der Waals surface area contributed by atoms with Gasteiger partial charge in [0.15, 0.2) is 0 Å². The van der Waals surface area contributed by atoms with Gasteiger partial charge in [-0.05, 0) is 19.3 Å². The van der Waals surface area contributed by atoms with Gasteiger partial charge in [-0.3, -0.25) is 0 Å². The van der Waals surface area contributed by atoms with Crippen molar-refractivity contribution < 1.29 is 21.9 Å². The Labute approximate surface area is 187 Å². The summed E-state index contributed by atoms with van der Waals surface area (Å²) in [4.78, 5) is 0. The van der Waals surface area contributed by atoms with Gasteiger partial charge in [0.25, 0.3) is 0 Å². The molecule has 0 aliphatic carbocycles. The molecule has 0 aliphatic heterocycles. The van der Waals surface area contributed by atoms with Gasteiger partial charge in [0, 0.05) is 6.61 Å². The minimum atomic E-state index is -3.82. The summed E-state index contributed by atoms with van der Waals surface area (Å²) in [5, 5.41) is 8.72. The first kappa shape index (κ1) is 29.8. The van der Waals surface area contributed by atoms with Gasteiger partial charge < -0.3 is 5.11 Å². The minimum absolute atomic E-state index is 0.224. The number of aliphatic hydroxyl groups excluding tert-OH is 1. The molecule has 0 aromatic heterocycles. The number of hydrogen-bond donors (Lipinski definition) is 1. The molecule has 0 rings (SSSR count). The van der Waals surface area contributed by atoms with E-state index >= 15 is 0 Å². The van der Waals surface area contributed by atoms with Gasteiger partial charge in [-0.2, -0.15) is 8.42 Å². The minimum Gasteiger partial charge on any atom is -0.396 e. The average Bonchev–Trinajstić information content (AvgIpc) is 2.72. The van der Waals surface area contributed by atoms with Crippen LogP contribution in [0.25, 0.3) is 0 Å². The van der Waals surface area contributed by atoms with Crippen molar-refractivity contribution in [1.82, 2.24) is 0 Å². The molecule has 0 amide bonds. The molecule has 0 atom stereocenters. The van der Waals surface area contributed by atoms with Crippen molar-refractivity contribution in [2.75, 3.05) is 19.8 Å². The van der Waals surface area contributed by atoms with Gasteiger partial charge in [-0.1, -0.05) is 116 Å². The zero-order chi connectivity index (χ0) is 22.2. The molecule has 0 spiro atoms. The largest absolute Gasteiger partial charge is 0.399 e. The normalized spacial score (nSPS) is 11.9. The number of hydrogen-bond acceptors (Lipinski definition) is 5. The summed E-state index contributed by atoms with van der Waals surface area (Å²) in [6, 6.07) is 0. The molecular formula is C24H50O5S. The number of unbranched alkanes of at least 4 members (excludes halogenated alkanes) is 18. The molecular weight excluding hydrogens is 400 g/mol. The summed E-state index contributed by atoms with van der Waals surface area (Å²) in [5.74, 6) is 0. The van der Waals surface area contributed by atoms with Crippen LogP contribution in [0.5, 0.6) is 0 Å². The lowest BCUT2D eigenvalue weighted by Gasteiger charge is -2.06. The van der Waals surface area contributed by atoms with Gasteiger partial charge in [-0.25, -0.2) is 8.37 Å². The molecule has 0 saturated heterocycles. The maximum absolute atomic E-state index is 11.7. The molecule has 6 heteroatoms. The highest BCUT2D eigenvalue weighted by Crippen LogP contribution is 2.12. The molecule has 0 radical (unpaired) electrons. The lowest BCUT2D eigenvalue weighted by atomic mass is 10.1. The van der Waals surface area contributed by atoms with Crippen LogP contribution < -0.4 is 0 Å². The highest BCUT2D eigenvalue weighted by molar-refractivity contribution is 7.81. The second-order valence-corrected chi connectivity index (χ2v) is 9.78. The van der Waals surface area contributed by atoms with Crippen LogP contribution in [-0.4, -0.2) is 33.3 Å². The van der Waals surface area contributed by atoms with Crippen LogP contribution in [0.1, 0.15) is 135 Å². The number of rotatable bonds is 25. The molecule has 0 fully saturated rings. The summed E-state index contributed by atoms with van der Waals surface area (Å²) in [6.45, 7) is 3.00. The lowest BCUT2D eigenvalue weighted by Crippen LogP contribution is -2.12. The predicted molar refractivity (Wildman–Crippen MR) is 126 cm³/mol. The van der Waals surface area contributed by atoms with E-state index in [-0.39, 0.29) is 13.2 Å². The smallest absolute Gasteiger partial charge is 0.396 e. The fourth-order valence-electron chi connectivity index (χ4n) is 3.57. The molecule has 0 bridgehead atoms. The Morgan fingerprint density at radius 2 is 0.800 bits per heavy atom. The van der Waals surface area contributed by atoms with E-state index in [1.54, 1.807) is 0 Å². The quantitative estimate of drug-likeness (QED) is 0.150. The fraction of sp³-hybridized carbons (Fsp3) is 1.00. The standard InChI is InChI=1S/C24H50O5S/c1-2-3-4-5-6-7-11-14-17-20-23-28-30(26,27)29-24-21-18-15-12-9-8-10-13-16-19-22-25/h25H,2-24H2,1H3. The molecule has 0 saturated carbocycles. The van der Waals surface area contributed by atoms with Crippen molar-refractivity contribution in [2.24, 2.45) is 0 Å². The molecule has 0 aliphatic rings. The predicted octanol–water partition coefficient (Wildman–Crippen LogP) is 7.08. The van der Waals surface area contributed by atoms with Crippen LogP contribution in [-0.2, 0) is 18.8 Å². The van der Waals surface area contributed by atoms with E-state index in [2.05, 4.69) is 6.92 Å². The molecule has 0 aromatic carbocycles. The molecule has 182 valence electrons. The van der Waals surface area contributed by atoms with Crippen molar-refractivity contribution >= 4 is 10.4 Å². The van der Waals surface area contributed by atoms with E-state index in [0.717, 1.165) is 51.4 Å². The third-order valence-electron chi connectivity index (χ3n) is 5.51. The Balaban J connectivity index is 3.32. The maximum atomic E-state index is 11.7. The zero-order valence-corrected chi connectivity index (χ0v) is 20.6. The fourth-order valence-corrected chi connectivity index (χ4v) is 4.29. The monoisotopic (exact) mass is 450 g/mol. The molecule has 0 unspecified atom stereocenters. The first-order valence-corrected chi connectivity index (χ1v) is 14.1. The van der Waals surface area contributed by atoms with E-state index in [1.165, 1.54) is 77.0 Å². The summed E-state index contributed by atoms with van der Waals surface area (Å²) in [6.07, 6.45) is 23.2. The van der Waals surface area contributed by atoms with Crippen LogP contribution in [0.3, 0.4) is 0 Å². The Hall–Kier alpha value is -0.170.